The summed E-state index contributed by atoms with van der Waals surface area (Å²) in [5, 5.41) is 2.88. The monoisotopic (exact) mass is 291 g/mol. The van der Waals surface area contributed by atoms with Gasteiger partial charge in [-0.05, 0) is 18.8 Å². The molecule has 1 atom stereocenters. The van der Waals surface area contributed by atoms with Gasteiger partial charge in [0.25, 0.3) is 0 Å². The third-order valence-electron chi connectivity index (χ3n) is 2.89. The summed E-state index contributed by atoms with van der Waals surface area (Å²) < 4.78 is 5.66. The number of hydrogen-bond donors (Lipinski definition) is 1. The average molecular weight is 292 g/mol. The zero-order valence-corrected chi connectivity index (χ0v) is 11.8. The average Bonchev–Trinajstić information content (AvgIpc) is 2.75. The molecule has 0 saturated heterocycles. The quantitative estimate of drug-likeness (QED) is 0.603. The number of carbonyl (C=O) groups is 1. The largest absolute Gasteiger partial charge is 0.376 e. The maximum atomic E-state index is 11.6. The van der Waals surface area contributed by atoms with Crippen molar-refractivity contribution < 1.29 is 9.53 Å². The lowest BCUT2D eigenvalue weighted by molar-refractivity contribution is -0.121. The number of amides is 1. The topological polar surface area (TPSA) is 38.3 Å². The number of rotatable bonds is 6. The molecule has 0 spiro atoms. The standard InChI is InChI=1S/C12H22BrNO2/c1-9(2)11(13)12(15)14-7-8-16-10-5-3-4-6-10/h9-11H,3-8H2,1-2H3,(H,14,15). The maximum absolute atomic E-state index is 11.6. The van der Waals surface area contributed by atoms with Crippen LogP contribution in [0, 0.1) is 5.92 Å². The fourth-order valence-electron chi connectivity index (χ4n) is 1.86. The molecule has 0 heterocycles. The highest BCUT2D eigenvalue weighted by Gasteiger charge is 2.18. The number of nitrogens with one attached hydrogen (secondary N) is 1. The molecular formula is C12H22BrNO2. The van der Waals surface area contributed by atoms with Crippen molar-refractivity contribution in [3.63, 3.8) is 0 Å². The molecule has 16 heavy (non-hydrogen) atoms. The highest BCUT2D eigenvalue weighted by Crippen LogP contribution is 2.20. The second-order valence-corrected chi connectivity index (χ2v) is 5.70. The lowest BCUT2D eigenvalue weighted by Gasteiger charge is -2.15. The van der Waals surface area contributed by atoms with E-state index in [-0.39, 0.29) is 10.7 Å². The van der Waals surface area contributed by atoms with E-state index in [1.807, 2.05) is 13.8 Å². The summed E-state index contributed by atoms with van der Waals surface area (Å²) in [5.74, 6) is 0.376. The van der Waals surface area contributed by atoms with Crippen molar-refractivity contribution in [2.75, 3.05) is 13.2 Å². The second-order valence-electron chi connectivity index (χ2n) is 4.71. The Morgan fingerprint density at radius 3 is 2.62 bits per heavy atom. The lowest BCUT2D eigenvalue weighted by atomic mass is 10.1. The number of halogens is 1. The molecule has 1 aliphatic rings. The zero-order chi connectivity index (χ0) is 12.0. The number of hydrogen-bond acceptors (Lipinski definition) is 2. The Balaban J connectivity index is 2.03. The molecule has 0 radical (unpaired) electrons. The molecule has 0 aromatic carbocycles. The Bertz CT molecular complexity index is 215. The van der Waals surface area contributed by atoms with E-state index < -0.39 is 0 Å². The predicted octanol–water partition coefficient (Wildman–Crippen LogP) is 2.48. The minimum absolute atomic E-state index is 0.0602. The van der Waals surface area contributed by atoms with Crippen LogP contribution in [0.15, 0.2) is 0 Å². The van der Waals surface area contributed by atoms with Gasteiger partial charge in [0, 0.05) is 6.54 Å². The molecule has 0 bridgehead atoms. The van der Waals surface area contributed by atoms with Crippen LogP contribution in [0.25, 0.3) is 0 Å². The first kappa shape index (κ1) is 14.0. The van der Waals surface area contributed by atoms with Crippen LogP contribution in [0.1, 0.15) is 39.5 Å². The van der Waals surface area contributed by atoms with E-state index in [0.717, 1.165) is 0 Å². The Hall–Kier alpha value is -0.0900. The molecule has 1 unspecified atom stereocenters. The third-order valence-corrected chi connectivity index (χ3v) is 4.37. The maximum Gasteiger partial charge on any atom is 0.234 e. The minimum atomic E-state index is -0.0982. The van der Waals surface area contributed by atoms with Gasteiger partial charge in [-0.1, -0.05) is 42.6 Å². The first-order valence-electron chi connectivity index (χ1n) is 6.14. The molecule has 1 fully saturated rings. The summed E-state index contributed by atoms with van der Waals surface area (Å²) in [7, 11) is 0. The van der Waals surface area contributed by atoms with Gasteiger partial charge in [-0.2, -0.15) is 0 Å². The van der Waals surface area contributed by atoms with Crippen molar-refractivity contribution >= 4 is 21.8 Å². The summed E-state index contributed by atoms with van der Waals surface area (Å²) >= 11 is 3.37. The molecule has 0 aromatic heterocycles. The molecule has 1 aliphatic carbocycles. The predicted molar refractivity (Wildman–Crippen MR) is 68.8 cm³/mol. The van der Waals surface area contributed by atoms with E-state index in [4.69, 9.17) is 4.74 Å². The van der Waals surface area contributed by atoms with Gasteiger partial charge in [0.05, 0.1) is 17.5 Å². The van der Waals surface area contributed by atoms with Crippen LogP contribution >= 0.6 is 15.9 Å². The van der Waals surface area contributed by atoms with Gasteiger partial charge >= 0.3 is 0 Å². The Labute approximate surface area is 106 Å². The summed E-state index contributed by atoms with van der Waals surface area (Å²) in [6.45, 7) is 5.29. The molecule has 3 nitrogen and oxygen atoms in total. The molecule has 1 saturated carbocycles. The number of carbonyl (C=O) groups excluding carboxylic acids is 1. The van der Waals surface area contributed by atoms with E-state index in [1.54, 1.807) is 0 Å². The number of alkyl halides is 1. The Morgan fingerprint density at radius 2 is 2.06 bits per heavy atom. The van der Waals surface area contributed by atoms with Gasteiger partial charge < -0.3 is 10.1 Å². The molecule has 1 amide bonds. The van der Waals surface area contributed by atoms with Crippen molar-refractivity contribution in [2.45, 2.75) is 50.5 Å². The van der Waals surface area contributed by atoms with Gasteiger partial charge in [0.1, 0.15) is 0 Å². The van der Waals surface area contributed by atoms with Gasteiger partial charge in [-0.15, -0.1) is 0 Å². The molecule has 94 valence electrons. The SMILES string of the molecule is CC(C)C(Br)C(=O)NCCOC1CCCC1. The van der Waals surface area contributed by atoms with Crippen LogP contribution in [0.4, 0.5) is 0 Å². The van der Waals surface area contributed by atoms with Crippen molar-refractivity contribution in [1.82, 2.24) is 5.32 Å². The Kier molecular flexibility index (Phi) is 6.36. The number of ether oxygens (including phenoxy) is 1. The highest BCUT2D eigenvalue weighted by atomic mass is 79.9. The van der Waals surface area contributed by atoms with Crippen molar-refractivity contribution in [3.05, 3.63) is 0 Å². The van der Waals surface area contributed by atoms with Gasteiger partial charge in [0.15, 0.2) is 0 Å². The Morgan fingerprint density at radius 1 is 1.44 bits per heavy atom. The van der Waals surface area contributed by atoms with Crippen LogP contribution in [-0.4, -0.2) is 30.0 Å². The fraction of sp³-hybridized carbons (Fsp3) is 0.917. The fourth-order valence-corrected chi connectivity index (χ4v) is 2.02. The molecule has 0 aromatic rings. The van der Waals surface area contributed by atoms with Crippen LogP contribution < -0.4 is 5.32 Å². The first-order chi connectivity index (χ1) is 7.61. The first-order valence-corrected chi connectivity index (χ1v) is 7.06. The van der Waals surface area contributed by atoms with E-state index in [2.05, 4.69) is 21.2 Å². The zero-order valence-electron chi connectivity index (χ0n) is 10.2. The van der Waals surface area contributed by atoms with E-state index >= 15 is 0 Å². The van der Waals surface area contributed by atoms with Gasteiger partial charge in [-0.25, -0.2) is 0 Å². The highest BCUT2D eigenvalue weighted by molar-refractivity contribution is 9.10. The summed E-state index contributed by atoms with van der Waals surface area (Å²) in [6.07, 6.45) is 5.37. The second kappa shape index (κ2) is 7.28. The smallest absolute Gasteiger partial charge is 0.234 e. The van der Waals surface area contributed by atoms with Crippen LogP contribution in [0.2, 0.25) is 0 Å². The van der Waals surface area contributed by atoms with E-state index in [9.17, 15) is 4.79 Å². The molecular weight excluding hydrogens is 270 g/mol. The van der Waals surface area contributed by atoms with E-state index in [1.165, 1.54) is 25.7 Å². The minimum Gasteiger partial charge on any atom is -0.376 e. The molecule has 4 heteroatoms. The normalized spacial score (nSPS) is 19.0. The molecule has 1 rings (SSSR count). The molecule has 0 aliphatic heterocycles. The molecule has 1 N–H and O–H groups in total. The van der Waals surface area contributed by atoms with Crippen molar-refractivity contribution in [3.8, 4) is 0 Å². The van der Waals surface area contributed by atoms with Crippen LogP contribution in [0.5, 0.6) is 0 Å². The summed E-state index contributed by atoms with van der Waals surface area (Å²) in [6, 6.07) is 0. The van der Waals surface area contributed by atoms with Crippen LogP contribution in [0.3, 0.4) is 0 Å². The van der Waals surface area contributed by atoms with Crippen molar-refractivity contribution in [1.29, 1.82) is 0 Å². The lowest BCUT2D eigenvalue weighted by Crippen LogP contribution is -2.36. The third kappa shape index (κ3) is 4.83. The van der Waals surface area contributed by atoms with E-state index in [0.29, 0.717) is 25.2 Å². The van der Waals surface area contributed by atoms with Crippen LogP contribution in [-0.2, 0) is 9.53 Å². The summed E-state index contributed by atoms with van der Waals surface area (Å²) in [5.41, 5.74) is 0. The summed E-state index contributed by atoms with van der Waals surface area (Å²) in [4.78, 5) is 11.5. The van der Waals surface area contributed by atoms with Gasteiger partial charge in [0.2, 0.25) is 5.91 Å². The van der Waals surface area contributed by atoms with Crippen molar-refractivity contribution in [2.24, 2.45) is 5.92 Å². The van der Waals surface area contributed by atoms with Gasteiger partial charge in [-0.3, -0.25) is 4.79 Å².